The Bertz CT molecular complexity index is 992. The third kappa shape index (κ3) is 6.74. The van der Waals surface area contributed by atoms with Crippen LogP contribution in [-0.4, -0.2) is 74.4 Å². The minimum Gasteiger partial charge on any atom is -0.468 e. The molecule has 1 aliphatic heterocycles. The van der Waals surface area contributed by atoms with E-state index in [4.69, 9.17) is 9.47 Å². The van der Waals surface area contributed by atoms with Crippen molar-refractivity contribution in [2.24, 2.45) is 0 Å². The Morgan fingerprint density at radius 1 is 1.12 bits per heavy atom. The number of rotatable bonds is 9. The molecule has 0 spiro atoms. The highest BCUT2D eigenvalue weighted by Gasteiger charge is 2.23. The van der Waals surface area contributed by atoms with E-state index >= 15 is 0 Å². The molecule has 0 bridgehead atoms. The molecule has 2 amide bonds. The van der Waals surface area contributed by atoms with Crippen molar-refractivity contribution in [2.75, 3.05) is 56.7 Å². The third-order valence-electron chi connectivity index (χ3n) is 5.49. The topological polar surface area (TPSA) is 88.2 Å². The number of anilines is 2. The van der Waals surface area contributed by atoms with E-state index in [0.717, 1.165) is 18.8 Å². The Hall–Kier alpha value is -3.04. The monoisotopic (exact) mass is 485 g/mol. The third-order valence-corrected chi connectivity index (χ3v) is 6.64. The summed E-state index contributed by atoms with van der Waals surface area (Å²) in [6, 6.07) is 14.7. The number of esters is 1. The minimum atomic E-state index is -0.460. The summed E-state index contributed by atoms with van der Waals surface area (Å²) < 4.78 is 10.2. The Kier molecular flexibility index (Phi) is 9.35. The highest BCUT2D eigenvalue weighted by atomic mass is 32.2. The molecule has 182 valence electrons. The minimum absolute atomic E-state index is 0.0773. The zero-order valence-corrected chi connectivity index (χ0v) is 20.6. The molecule has 1 unspecified atom stereocenters. The van der Waals surface area contributed by atoms with Gasteiger partial charge in [0.05, 0.1) is 25.9 Å². The maximum atomic E-state index is 13.2. The SMILES string of the molecule is CCN(CC(=O)Nc1ccc(N2CCOCC2)cc1)C(=O)c1ccccc1SC(C)C(=O)OC. The average molecular weight is 486 g/mol. The molecule has 0 saturated carbocycles. The molecule has 0 aromatic heterocycles. The van der Waals surface area contributed by atoms with Crippen molar-refractivity contribution in [3.8, 4) is 0 Å². The van der Waals surface area contributed by atoms with Gasteiger partial charge in [0.15, 0.2) is 0 Å². The number of amides is 2. The number of nitrogens with zero attached hydrogens (tertiary/aromatic N) is 2. The molecule has 1 fully saturated rings. The lowest BCUT2D eigenvalue weighted by Crippen LogP contribution is -2.38. The summed E-state index contributed by atoms with van der Waals surface area (Å²) in [6.07, 6.45) is 0. The van der Waals surface area contributed by atoms with Crippen molar-refractivity contribution >= 4 is 40.9 Å². The lowest BCUT2D eigenvalue weighted by molar-refractivity contribution is -0.139. The Morgan fingerprint density at radius 2 is 1.79 bits per heavy atom. The number of carbonyl (C=O) groups is 3. The van der Waals surface area contributed by atoms with Gasteiger partial charge < -0.3 is 24.6 Å². The predicted octanol–water partition coefficient (Wildman–Crippen LogP) is 3.28. The number of hydrogen-bond acceptors (Lipinski definition) is 7. The van der Waals surface area contributed by atoms with Gasteiger partial charge in [-0.25, -0.2) is 0 Å². The van der Waals surface area contributed by atoms with E-state index in [1.54, 1.807) is 25.1 Å². The van der Waals surface area contributed by atoms with E-state index in [-0.39, 0.29) is 24.3 Å². The molecule has 2 aromatic rings. The zero-order chi connectivity index (χ0) is 24.5. The van der Waals surface area contributed by atoms with Gasteiger partial charge in [0.2, 0.25) is 5.91 Å². The zero-order valence-electron chi connectivity index (χ0n) is 19.8. The van der Waals surface area contributed by atoms with Gasteiger partial charge in [0, 0.05) is 35.9 Å². The van der Waals surface area contributed by atoms with Crippen molar-refractivity contribution in [3.63, 3.8) is 0 Å². The van der Waals surface area contributed by atoms with Crippen molar-refractivity contribution < 1.29 is 23.9 Å². The van der Waals surface area contributed by atoms with Gasteiger partial charge in [-0.15, -0.1) is 11.8 Å². The first kappa shape index (κ1) is 25.6. The van der Waals surface area contributed by atoms with Crippen LogP contribution in [0.25, 0.3) is 0 Å². The van der Waals surface area contributed by atoms with Gasteiger partial charge in [0.25, 0.3) is 5.91 Å². The van der Waals surface area contributed by atoms with Crippen LogP contribution < -0.4 is 10.2 Å². The molecule has 1 N–H and O–H groups in total. The Labute approximate surface area is 204 Å². The van der Waals surface area contributed by atoms with E-state index in [0.29, 0.717) is 35.9 Å². The molecule has 2 aromatic carbocycles. The van der Waals surface area contributed by atoms with Gasteiger partial charge >= 0.3 is 5.97 Å². The summed E-state index contributed by atoms with van der Waals surface area (Å²) in [6.45, 7) is 6.96. The van der Waals surface area contributed by atoms with Gasteiger partial charge in [-0.05, 0) is 50.2 Å². The van der Waals surface area contributed by atoms with Crippen LogP contribution in [-0.2, 0) is 19.1 Å². The van der Waals surface area contributed by atoms with E-state index in [2.05, 4.69) is 10.2 Å². The molecule has 3 rings (SSSR count). The van der Waals surface area contributed by atoms with Crippen molar-refractivity contribution in [1.82, 2.24) is 4.90 Å². The number of carbonyl (C=O) groups excluding carboxylic acids is 3. The van der Waals surface area contributed by atoms with Gasteiger partial charge in [-0.3, -0.25) is 14.4 Å². The van der Waals surface area contributed by atoms with Crippen LogP contribution in [0.15, 0.2) is 53.4 Å². The second-order valence-corrected chi connectivity index (χ2v) is 9.18. The number of methoxy groups -OCH3 is 1. The first-order valence-corrected chi connectivity index (χ1v) is 12.2. The number of nitrogens with one attached hydrogen (secondary N) is 1. The fraction of sp³-hybridized carbons (Fsp3) is 0.400. The lowest BCUT2D eigenvalue weighted by Gasteiger charge is -2.29. The van der Waals surface area contributed by atoms with E-state index in [1.807, 2.05) is 37.3 Å². The maximum Gasteiger partial charge on any atom is 0.318 e. The number of morpholine rings is 1. The highest BCUT2D eigenvalue weighted by Crippen LogP contribution is 2.28. The quantitative estimate of drug-likeness (QED) is 0.431. The summed E-state index contributed by atoms with van der Waals surface area (Å²) in [7, 11) is 1.34. The van der Waals surface area contributed by atoms with Crippen molar-refractivity contribution in [1.29, 1.82) is 0 Å². The highest BCUT2D eigenvalue weighted by molar-refractivity contribution is 8.00. The number of ether oxygens (including phenoxy) is 2. The summed E-state index contributed by atoms with van der Waals surface area (Å²) in [5.74, 6) is -0.901. The second-order valence-electron chi connectivity index (χ2n) is 7.79. The number of hydrogen-bond donors (Lipinski definition) is 1. The Balaban J connectivity index is 1.63. The normalized spacial score (nSPS) is 14.3. The molecule has 0 aliphatic carbocycles. The van der Waals surface area contributed by atoms with Gasteiger partial charge in [-0.1, -0.05) is 12.1 Å². The summed E-state index contributed by atoms with van der Waals surface area (Å²) >= 11 is 1.26. The van der Waals surface area contributed by atoms with Crippen LogP contribution in [0.4, 0.5) is 11.4 Å². The smallest absolute Gasteiger partial charge is 0.318 e. The molecular weight excluding hydrogens is 454 g/mol. The largest absolute Gasteiger partial charge is 0.468 e. The summed E-state index contributed by atoms with van der Waals surface area (Å²) in [5, 5.41) is 2.41. The number of benzene rings is 2. The van der Waals surface area contributed by atoms with E-state index in [1.165, 1.54) is 23.8 Å². The van der Waals surface area contributed by atoms with E-state index in [9.17, 15) is 14.4 Å². The molecule has 1 saturated heterocycles. The molecule has 1 heterocycles. The van der Waals surface area contributed by atoms with Crippen LogP contribution in [0.1, 0.15) is 24.2 Å². The van der Waals surface area contributed by atoms with Crippen LogP contribution in [0.5, 0.6) is 0 Å². The van der Waals surface area contributed by atoms with Crippen LogP contribution >= 0.6 is 11.8 Å². The number of likely N-dealkylation sites (N-methyl/N-ethyl adjacent to an activating group) is 1. The first-order chi connectivity index (χ1) is 16.4. The summed E-state index contributed by atoms with van der Waals surface area (Å²) in [5.41, 5.74) is 2.21. The fourth-order valence-electron chi connectivity index (χ4n) is 3.60. The Morgan fingerprint density at radius 3 is 2.44 bits per heavy atom. The van der Waals surface area contributed by atoms with Crippen molar-refractivity contribution in [3.05, 3.63) is 54.1 Å². The average Bonchev–Trinajstić information content (AvgIpc) is 2.87. The summed E-state index contributed by atoms with van der Waals surface area (Å²) in [4.78, 5) is 42.1. The standard InChI is InChI=1S/C25H31N3O5S/c1-4-27(24(30)21-7-5-6-8-22(21)34-18(2)25(31)32-3)17-23(29)26-19-9-11-20(12-10-19)28-13-15-33-16-14-28/h5-12,18H,4,13-17H2,1-3H3,(H,26,29). The first-order valence-electron chi connectivity index (χ1n) is 11.3. The molecule has 0 radical (unpaired) electrons. The molecular formula is C25H31N3O5S. The van der Waals surface area contributed by atoms with Gasteiger partial charge in [0.1, 0.15) is 11.8 Å². The van der Waals surface area contributed by atoms with Crippen LogP contribution in [0.2, 0.25) is 0 Å². The second kappa shape index (κ2) is 12.4. The molecule has 1 atom stereocenters. The van der Waals surface area contributed by atoms with Crippen molar-refractivity contribution in [2.45, 2.75) is 24.0 Å². The maximum absolute atomic E-state index is 13.2. The van der Waals surface area contributed by atoms with Crippen LogP contribution in [0, 0.1) is 0 Å². The molecule has 1 aliphatic rings. The van der Waals surface area contributed by atoms with Gasteiger partial charge in [-0.2, -0.15) is 0 Å². The lowest BCUT2D eigenvalue weighted by atomic mass is 10.2. The molecule has 8 nitrogen and oxygen atoms in total. The number of thioether (sulfide) groups is 1. The van der Waals surface area contributed by atoms with Crippen LogP contribution in [0.3, 0.4) is 0 Å². The molecule has 9 heteroatoms. The molecule has 34 heavy (non-hydrogen) atoms. The predicted molar refractivity (Wildman–Crippen MR) is 133 cm³/mol. The van der Waals surface area contributed by atoms with E-state index < -0.39 is 5.25 Å². The fourth-order valence-corrected chi connectivity index (χ4v) is 4.61.